The number of carbonyl (C=O) groups excluding carboxylic acids is 1. The minimum atomic E-state index is -0.276. The second kappa shape index (κ2) is 8.63. The maximum atomic E-state index is 13.3. The summed E-state index contributed by atoms with van der Waals surface area (Å²) in [6.45, 7) is 0. The van der Waals surface area contributed by atoms with Crippen LogP contribution in [0.5, 0.6) is 0 Å². The number of benzene rings is 3. The third kappa shape index (κ3) is 4.19. The van der Waals surface area contributed by atoms with Gasteiger partial charge in [0, 0.05) is 41.7 Å². The highest BCUT2D eigenvalue weighted by molar-refractivity contribution is 7.98. The van der Waals surface area contributed by atoms with Gasteiger partial charge in [-0.2, -0.15) is 0 Å². The van der Waals surface area contributed by atoms with Crippen molar-refractivity contribution >= 4 is 28.4 Å². The lowest BCUT2D eigenvalue weighted by molar-refractivity contribution is 0.0827. The molecule has 0 bridgehead atoms. The first-order valence-electron chi connectivity index (χ1n) is 9.47. The van der Waals surface area contributed by atoms with Crippen molar-refractivity contribution in [2.45, 2.75) is 10.8 Å². The molecule has 3 aromatic carbocycles. The van der Waals surface area contributed by atoms with Crippen molar-refractivity contribution in [2.24, 2.45) is 0 Å². The maximum absolute atomic E-state index is 13.3. The van der Waals surface area contributed by atoms with Gasteiger partial charge in [0.25, 0.3) is 5.91 Å². The lowest BCUT2D eigenvalue weighted by Gasteiger charge is -2.11. The molecule has 4 nitrogen and oxygen atoms in total. The SMILES string of the molecule is CN(C)C(=O)c1ccc(CSc2nnc(-c3ccc(F)cc3)c3ccccc23)cc1. The van der Waals surface area contributed by atoms with E-state index in [0.717, 1.165) is 32.6 Å². The topological polar surface area (TPSA) is 46.1 Å². The van der Waals surface area contributed by atoms with E-state index in [9.17, 15) is 9.18 Å². The van der Waals surface area contributed by atoms with Crippen LogP contribution in [0.4, 0.5) is 4.39 Å². The summed E-state index contributed by atoms with van der Waals surface area (Å²) >= 11 is 1.60. The first kappa shape index (κ1) is 20.0. The van der Waals surface area contributed by atoms with E-state index in [1.165, 1.54) is 12.1 Å². The Labute approximate surface area is 178 Å². The molecule has 0 saturated carbocycles. The quantitative estimate of drug-likeness (QED) is 0.406. The molecule has 0 N–H and O–H groups in total. The van der Waals surface area contributed by atoms with E-state index >= 15 is 0 Å². The fraction of sp³-hybridized carbons (Fsp3) is 0.125. The summed E-state index contributed by atoms with van der Waals surface area (Å²) in [6, 6.07) is 21.9. The van der Waals surface area contributed by atoms with Crippen molar-refractivity contribution in [3.63, 3.8) is 0 Å². The van der Waals surface area contributed by atoms with Gasteiger partial charge in [-0.15, -0.1) is 10.2 Å². The van der Waals surface area contributed by atoms with Gasteiger partial charge in [-0.25, -0.2) is 4.39 Å². The lowest BCUT2D eigenvalue weighted by Crippen LogP contribution is -2.21. The van der Waals surface area contributed by atoms with Gasteiger partial charge in [-0.05, 0) is 42.0 Å². The predicted molar refractivity (Wildman–Crippen MR) is 119 cm³/mol. The molecule has 0 aliphatic rings. The third-order valence-corrected chi connectivity index (χ3v) is 5.81. The van der Waals surface area contributed by atoms with E-state index in [1.54, 1.807) is 42.9 Å². The molecular weight excluding hydrogens is 397 g/mol. The second-order valence-electron chi connectivity index (χ2n) is 7.09. The normalized spacial score (nSPS) is 10.9. The van der Waals surface area contributed by atoms with E-state index in [1.807, 2.05) is 48.5 Å². The summed E-state index contributed by atoms with van der Waals surface area (Å²) < 4.78 is 13.3. The average Bonchev–Trinajstić information content (AvgIpc) is 2.78. The van der Waals surface area contributed by atoms with Crippen LogP contribution in [-0.4, -0.2) is 35.1 Å². The first-order chi connectivity index (χ1) is 14.5. The molecule has 1 amide bonds. The molecule has 0 radical (unpaired) electrons. The van der Waals surface area contributed by atoms with Gasteiger partial charge < -0.3 is 4.90 Å². The summed E-state index contributed by atoms with van der Waals surface area (Å²) in [6.07, 6.45) is 0. The van der Waals surface area contributed by atoms with Crippen LogP contribution in [0, 0.1) is 5.82 Å². The molecular formula is C24H20FN3OS. The fourth-order valence-electron chi connectivity index (χ4n) is 3.16. The summed E-state index contributed by atoms with van der Waals surface area (Å²) in [5.41, 5.74) is 3.34. The highest BCUT2D eigenvalue weighted by atomic mass is 32.2. The molecule has 6 heteroatoms. The molecule has 0 fully saturated rings. The predicted octanol–water partition coefficient (Wildman–Crippen LogP) is 5.43. The van der Waals surface area contributed by atoms with E-state index in [0.29, 0.717) is 11.3 Å². The summed E-state index contributed by atoms with van der Waals surface area (Å²) in [5, 5.41) is 11.7. The van der Waals surface area contributed by atoms with Gasteiger partial charge in [-0.1, -0.05) is 48.2 Å². The largest absolute Gasteiger partial charge is 0.345 e. The smallest absolute Gasteiger partial charge is 0.253 e. The summed E-state index contributed by atoms with van der Waals surface area (Å²) in [5.74, 6) is 0.425. The van der Waals surface area contributed by atoms with Crippen LogP contribution in [0.25, 0.3) is 22.0 Å². The molecule has 150 valence electrons. The van der Waals surface area contributed by atoms with Gasteiger partial charge in [-0.3, -0.25) is 4.79 Å². The van der Waals surface area contributed by atoms with Crippen LogP contribution in [0.3, 0.4) is 0 Å². The first-order valence-corrected chi connectivity index (χ1v) is 10.5. The van der Waals surface area contributed by atoms with Crippen LogP contribution >= 0.6 is 11.8 Å². The molecule has 0 aliphatic carbocycles. The van der Waals surface area contributed by atoms with E-state index in [4.69, 9.17) is 0 Å². The Morgan fingerprint density at radius 3 is 2.23 bits per heavy atom. The molecule has 0 atom stereocenters. The zero-order valence-corrected chi connectivity index (χ0v) is 17.5. The van der Waals surface area contributed by atoms with E-state index in [-0.39, 0.29) is 11.7 Å². The van der Waals surface area contributed by atoms with Crippen LogP contribution < -0.4 is 0 Å². The maximum Gasteiger partial charge on any atom is 0.253 e. The van der Waals surface area contributed by atoms with Crippen LogP contribution in [-0.2, 0) is 5.75 Å². The Hall–Kier alpha value is -3.25. The third-order valence-electron chi connectivity index (χ3n) is 4.75. The number of amides is 1. The number of halogens is 1. The molecule has 4 rings (SSSR count). The highest BCUT2D eigenvalue weighted by Gasteiger charge is 2.12. The van der Waals surface area contributed by atoms with Crippen molar-refractivity contribution in [3.8, 4) is 11.3 Å². The van der Waals surface area contributed by atoms with Crippen LogP contribution in [0.15, 0.2) is 77.8 Å². The van der Waals surface area contributed by atoms with Crippen molar-refractivity contribution in [2.75, 3.05) is 14.1 Å². The van der Waals surface area contributed by atoms with Gasteiger partial charge in [0.2, 0.25) is 0 Å². The number of hydrogen-bond donors (Lipinski definition) is 0. The molecule has 1 heterocycles. The zero-order chi connectivity index (χ0) is 21.1. The number of nitrogens with zero attached hydrogens (tertiary/aromatic N) is 3. The van der Waals surface area contributed by atoms with Gasteiger partial charge in [0.1, 0.15) is 16.5 Å². The molecule has 0 aliphatic heterocycles. The monoisotopic (exact) mass is 417 g/mol. The number of rotatable bonds is 5. The Morgan fingerprint density at radius 1 is 0.900 bits per heavy atom. The average molecular weight is 418 g/mol. The van der Waals surface area contributed by atoms with Gasteiger partial charge >= 0.3 is 0 Å². The van der Waals surface area contributed by atoms with Crippen molar-refractivity contribution in [3.05, 3.63) is 89.7 Å². The molecule has 30 heavy (non-hydrogen) atoms. The Balaban J connectivity index is 1.59. The number of thioether (sulfide) groups is 1. The molecule has 0 spiro atoms. The van der Waals surface area contributed by atoms with E-state index < -0.39 is 0 Å². The Morgan fingerprint density at radius 2 is 1.57 bits per heavy atom. The van der Waals surface area contributed by atoms with Gasteiger partial charge in [0.15, 0.2) is 0 Å². The fourth-order valence-corrected chi connectivity index (χ4v) is 4.09. The Kier molecular flexibility index (Phi) is 5.77. The highest BCUT2D eigenvalue weighted by Crippen LogP contribution is 2.33. The lowest BCUT2D eigenvalue weighted by atomic mass is 10.1. The summed E-state index contributed by atoms with van der Waals surface area (Å²) in [7, 11) is 3.48. The minimum absolute atomic E-state index is 0.0116. The van der Waals surface area contributed by atoms with E-state index in [2.05, 4.69) is 10.2 Å². The molecule has 4 aromatic rings. The number of fused-ring (bicyclic) bond motifs is 1. The van der Waals surface area contributed by atoms with Gasteiger partial charge in [0.05, 0.1) is 0 Å². The van der Waals surface area contributed by atoms with Crippen molar-refractivity contribution < 1.29 is 9.18 Å². The van der Waals surface area contributed by atoms with Crippen molar-refractivity contribution in [1.29, 1.82) is 0 Å². The Bertz CT molecular complexity index is 1190. The number of carbonyl (C=O) groups is 1. The molecule has 1 aromatic heterocycles. The van der Waals surface area contributed by atoms with Crippen molar-refractivity contribution in [1.82, 2.24) is 15.1 Å². The molecule has 0 unspecified atom stereocenters. The van der Waals surface area contributed by atoms with Crippen LogP contribution in [0.1, 0.15) is 15.9 Å². The number of hydrogen-bond acceptors (Lipinski definition) is 4. The second-order valence-corrected chi connectivity index (χ2v) is 8.06. The minimum Gasteiger partial charge on any atom is -0.345 e. The zero-order valence-electron chi connectivity index (χ0n) is 16.7. The number of aromatic nitrogens is 2. The summed E-state index contributed by atoms with van der Waals surface area (Å²) in [4.78, 5) is 13.6. The van der Waals surface area contributed by atoms with Crippen LogP contribution in [0.2, 0.25) is 0 Å². The standard InChI is InChI=1S/C24H20FN3OS/c1-28(2)24(29)18-9-7-16(8-10-18)15-30-23-21-6-4-3-5-20(21)22(26-27-23)17-11-13-19(25)14-12-17/h3-14H,15H2,1-2H3. The molecule has 0 saturated heterocycles.